The van der Waals surface area contributed by atoms with Gasteiger partial charge in [0.15, 0.2) is 0 Å². The molecule has 3 heteroatoms. The number of nitrogens with two attached hydrogens (primary N) is 1. The molecule has 0 spiro atoms. The summed E-state index contributed by atoms with van der Waals surface area (Å²) >= 11 is 0. The van der Waals surface area contributed by atoms with E-state index in [1.165, 1.54) is 0 Å². The molecule has 0 radical (unpaired) electrons. The number of aryl methyl sites for hydroxylation is 2. The number of hydrogen-bond donors (Lipinski definition) is 2. The molecule has 1 unspecified atom stereocenters. The van der Waals surface area contributed by atoms with Crippen LogP contribution in [0.5, 0.6) is 5.75 Å². The first kappa shape index (κ1) is 11.0. The molecular formula is C11H17NO2. The third-order valence-corrected chi connectivity index (χ3v) is 2.38. The fourth-order valence-corrected chi connectivity index (χ4v) is 1.63. The molecule has 14 heavy (non-hydrogen) atoms. The monoisotopic (exact) mass is 195 g/mol. The molecule has 1 aromatic rings. The van der Waals surface area contributed by atoms with Crippen LogP contribution < -0.4 is 10.5 Å². The molecule has 0 aliphatic carbocycles. The van der Waals surface area contributed by atoms with Crippen molar-refractivity contribution in [2.45, 2.75) is 19.9 Å². The molecule has 78 valence electrons. The van der Waals surface area contributed by atoms with Gasteiger partial charge in [-0.1, -0.05) is 12.1 Å². The summed E-state index contributed by atoms with van der Waals surface area (Å²) in [5, 5.41) is 9.04. The molecule has 3 N–H and O–H groups in total. The van der Waals surface area contributed by atoms with Gasteiger partial charge in [0, 0.05) is 5.56 Å². The fourth-order valence-electron chi connectivity index (χ4n) is 1.63. The van der Waals surface area contributed by atoms with Gasteiger partial charge in [-0.15, -0.1) is 0 Å². The van der Waals surface area contributed by atoms with E-state index in [1.807, 2.05) is 26.0 Å². The summed E-state index contributed by atoms with van der Waals surface area (Å²) in [6.07, 6.45) is 0. The lowest BCUT2D eigenvalue weighted by atomic mass is 9.98. The molecule has 0 heterocycles. The second-order valence-corrected chi connectivity index (χ2v) is 3.44. The maximum atomic E-state index is 9.04. The highest BCUT2D eigenvalue weighted by atomic mass is 16.5. The summed E-state index contributed by atoms with van der Waals surface area (Å²) in [6.45, 7) is 3.86. The maximum absolute atomic E-state index is 9.04. The first-order valence-electron chi connectivity index (χ1n) is 4.62. The van der Waals surface area contributed by atoms with Gasteiger partial charge in [0.05, 0.1) is 19.8 Å². The Morgan fingerprint density at radius 2 is 1.93 bits per heavy atom. The van der Waals surface area contributed by atoms with E-state index in [4.69, 9.17) is 15.6 Å². The summed E-state index contributed by atoms with van der Waals surface area (Å²) in [4.78, 5) is 0. The van der Waals surface area contributed by atoms with Crippen LogP contribution in [0.2, 0.25) is 0 Å². The van der Waals surface area contributed by atoms with E-state index in [0.29, 0.717) is 0 Å². The minimum Gasteiger partial charge on any atom is -0.496 e. The summed E-state index contributed by atoms with van der Waals surface area (Å²) in [7, 11) is 1.62. The van der Waals surface area contributed by atoms with Crippen LogP contribution in [0.3, 0.4) is 0 Å². The topological polar surface area (TPSA) is 55.5 Å². The van der Waals surface area contributed by atoms with Crippen LogP contribution in [0.25, 0.3) is 0 Å². The Labute approximate surface area is 84.5 Å². The lowest BCUT2D eigenvalue weighted by molar-refractivity contribution is 0.264. The molecule has 1 rings (SSSR count). The highest BCUT2D eigenvalue weighted by molar-refractivity contribution is 5.47. The highest BCUT2D eigenvalue weighted by Crippen LogP contribution is 2.30. The van der Waals surface area contributed by atoms with Gasteiger partial charge in [0.1, 0.15) is 5.75 Å². The van der Waals surface area contributed by atoms with Gasteiger partial charge in [-0.05, 0) is 25.0 Å². The van der Waals surface area contributed by atoms with Crippen molar-refractivity contribution in [2.24, 2.45) is 5.73 Å². The zero-order valence-electron chi connectivity index (χ0n) is 8.87. The lowest BCUT2D eigenvalue weighted by Gasteiger charge is -2.18. The molecule has 0 saturated carbocycles. The van der Waals surface area contributed by atoms with Crippen LogP contribution in [-0.2, 0) is 0 Å². The number of methoxy groups -OCH3 is 1. The Morgan fingerprint density at radius 1 is 1.36 bits per heavy atom. The Morgan fingerprint density at radius 3 is 2.43 bits per heavy atom. The molecule has 0 amide bonds. The molecule has 3 nitrogen and oxygen atoms in total. The van der Waals surface area contributed by atoms with Crippen molar-refractivity contribution in [3.63, 3.8) is 0 Å². The van der Waals surface area contributed by atoms with Crippen molar-refractivity contribution < 1.29 is 9.84 Å². The van der Waals surface area contributed by atoms with Crippen LogP contribution in [0.15, 0.2) is 12.1 Å². The largest absolute Gasteiger partial charge is 0.496 e. The van der Waals surface area contributed by atoms with Crippen molar-refractivity contribution in [1.82, 2.24) is 0 Å². The highest BCUT2D eigenvalue weighted by Gasteiger charge is 2.15. The standard InChI is InChI=1S/C11H17NO2/c1-7-4-5-8(2)11(14-3)10(7)9(12)6-13/h4-5,9,13H,6,12H2,1-3H3. The Bertz CT molecular complexity index is 323. The van der Waals surface area contributed by atoms with Gasteiger partial charge in [-0.3, -0.25) is 0 Å². The van der Waals surface area contributed by atoms with E-state index in [1.54, 1.807) is 7.11 Å². The lowest BCUT2D eigenvalue weighted by Crippen LogP contribution is -2.17. The SMILES string of the molecule is COc1c(C)ccc(C)c1C(N)CO. The molecule has 0 fully saturated rings. The molecule has 0 aromatic heterocycles. The fraction of sp³-hybridized carbons (Fsp3) is 0.455. The van der Waals surface area contributed by atoms with Crippen LogP contribution >= 0.6 is 0 Å². The zero-order chi connectivity index (χ0) is 10.7. The maximum Gasteiger partial charge on any atom is 0.126 e. The van der Waals surface area contributed by atoms with E-state index in [-0.39, 0.29) is 12.6 Å². The third kappa shape index (κ3) is 1.89. The zero-order valence-corrected chi connectivity index (χ0v) is 8.87. The van der Waals surface area contributed by atoms with Gasteiger partial charge < -0.3 is 15.6 Å². The molecule has 0 aliphatic rings. The average Bonchev–Trinajstić information content (AvgIpc) is 2.19. The quantitative estimate of drug-likeness (QED) is 0.764. The van der Waals surface area contributed by atoms with Crippen molar-refractivity contribution in [3.05, 3.63) is 28.8 Å². The number of benzene rings is 1. The molecule has 1 atom stereocenters. The molecule has 1 aromatic carbocycles. The van der Waals surface area contributed by atoms with Gasteiger partial charge in [0.25, 0.3) is 0 Å². The minimum atomic E-state index is -0.371. The smallest absolute Gasteiger partial charge is 0.126 e. The van der Waals surface area contributed by atoms with Crippen LogP contribution in [0.1, 0.15) is 22.7 Å². The Kier molecular flexibility index (Phi) is 3.49. The second kappa shape index (κ2) is 4.44. The summed E-state index contributed by atoms with van der Waals surface area (Å²) in [5.41, 5.74) is 8.80. The number of hydrogen-bond acceptors (Lipinski definition) is 3. The Hall–Kier alpha value is -1.06. The number of aliphatic hydroxyl groups excluding tert-OH is 1. The van der Waals surface area contributed by atoms with E-state index >= 15 is 0 Å². The van der Waals surface area contributed by atoms with Crippen LogP contribution in [0, 0.1) is 13.8 Å². The van der Waals surface area contributed by atoms with E-state index in [9.17, 15) is 0 Å². The van der Waals surface area contributed by atoms with Gasteiger partial charge in [0.2, 0.25) is 0 Å². The van der Waals surface area contributed by atoms with Gasteiger partial charge in [-0.25, -0.2) is 0 Å². The van der Waals surface area contributed by atoms with Gasteiger partial charge in [-0.2, -0.15) is 0 Å². The van der Waals surface area contributed by atoms with Crippen molar-refractivity contribution >= 4 is 0 Å². The Balaban J connectivity index is 3.29. The second-order valence-electron chi connectivity index (χ2n) is 3.44. The summed E-state index contributed by atoms with van der Waals surface area (Å²) in [6, 6.07) is 3.61. The van der Waals surface area contributed by atoms with E-state index in [2.05, 4.69) is 0 Å². The molecule has 0 aliphatic heterocycles. The van der Waals surface area contributed by atoms with E-state index < -0.39 is 0 Å². The predicted octanol–water partition coefficient (Wildman–Crippen LogP) is 1.30. The van der Waals surface area contributed by atoms with E-state index in [0.717, 1.165) is 22.4 Å². The first-order chi connectivity index (χ1) is 6.61. The molecule has 0 bridgehead atoms. The molecular weight excluding hydrogens is 178 g/mol. The number of aliphatic hydroxyl groups is 1. The summed E-state index contributed by atoms with van der Waals surface area (Å²) < 4.78 is 5.29. The van der Waals surface area contributed by atoms with Crippen LogP contribution in [-0.4, -0.2) is 18.8 Å². The predicted molar refractivity (Wildman–Crippen MR) is 56.5 cm³/mol. The summed E-state index contributed by atoms with van der Waals surface area (Å²) in [5.74, 6) is 0.784. The van der Waals surface area contributed by atoms with Crippen molar-refractivity contribution in [2.75, 3.05) is 13.7 Å². The van der Waals surface area contributed by atoms with Crippen LogP contribution in [0.4, 0.5) is 0 Å². The van der Waals surface area contributed by atoms with Crippen molar-refractivity contribution in [1.29, 1.82) is 0 Å². The molecule has 0 saturated heterocycles. The number of rotatable bonds is 3. The van der Waals surface area contributed by atoms with Gasteiger partial charge >= 0.3 is 0 Å². The number of ether oxygens (including phenoxy) is 1. The minimum absolute atomic E-state index is 0.0688. The normalized spacial score (nSPS) is 12.6. The third-order valence-electron chi connectivity index (χ3n) is 2.38. The average molecular weight is 195 g/mol. The van der Waals surface area contributed by atoms with Crippen molar-refractivity contribution in [3.8, 4) is 5.75 Å². The first-order valence-corrected chi connectivity index (χ1v) is 4.62.